The highest BCUT2D eigenvalue weighted by molar-refractivity contribution is 9.10. The zero-order valence-corrected chi connectivity index (χ0v) is 16.8. The molecule has 2 aromatic rings. The van der Waals surface area contributed by atoms with Crippen molar-refractivity contribution in [3.63, 3.8) is 0 Å². The first kappa shape index (κ1) is 20.0. The molecule has 138 valence electrons. The highest BCUT2D eigenvalue weighted by Crippen LogP contribution is 2.23. The van der Waals surface area contributed by atoms with Crippen molar-refractivity contribution in [1.82, 2.24) is 5.32 Å². The van der Waals surface area contributed by atoms with Crippen molar-refractivity contribution in [3.05, 3.63) is 63.1 Å². The van der Waals surface area contributed by atoms with E-state index in [1.807, 2.05) is 39.0 Å². The number of hydrogen-bond acceptors (Lipinski definition) is 4. The van der Waals surface area contributed by atoms with Crippen molar-refractivity contribution in [2.24, 2.45) is 0 Å². The van der Waals surface area contributed by atoms with Gasteiger partial charge in [0.15, 0.2) is 6.61 Å². The van der Waals surface area contributed by atoms with Gasteiger partial charge >= 0.3 is 5.97 Å². The smallest absolute Gasteiger partial charge is 0.339 e. The zero-order valence-electron chi connectivity index (χ0n) is 15.3. The number of ether oxygens (including phenoxy) is 2. The number of benzene rings is 2. The van der Waals surface area contributed by atoms with Crippen molar-refractivity contribution in [1.29, 1.82) is 0 Å². The second-order valence-corrected chi connectivity index (χ2v) is 6.91. The summed E-state index contributed by atoms with van der Waals surface area (Å²) in [7, 11) is 1.51. The van der Waals surface area contributed by atoms with Gasteiger partial charge in [0.05, 0.1) is 18.7 Å². The molecule has 26 heavy (non-hydrogen) atoms. The zero-order chi connectivity index (χ0) is 19.3. The van der Waals surface area contributed by atoms with Gasteiger partial charge in [-0.15, -0.1) is 0 Å². The Bertz CT molecular complexity index is 819. The van der Waals surface area contributed by atoms with Gasteiger partial charge in [0.2, 0.25) is 0 Å². The minimum atomic E-state index is -0.593. The molecule has 0 saturated carbocycles. The maximum Gasteiger partial charge on any atom is 0.339 e. The second kappa shape index (κ2) is 8.85. The third-order valence-corrected chi connectivity index (χ3v) is 4.83. The maximum atomic E-state index is 12.2. The summed E-state index contributed by atoms with van der Waals surface area (Å²) in [6.45, 7) is 5.61. The molecule has 0 aliphatic carbocycles. The topological polar surface area (TPSA) is 64.6 Å². The Morgan fingerprint density at radius 3 is 2.50 bits per heavy atom. The molecule has 0 spiro atoms. The van der Waals surface area contributed by atoms with Gasteiger partial charge in [0.1, 0.15) is 5.75 Å². The van der Waals surface area contributed by atoms with Crippen molar-refractivity contribution >= 4 is 27.8 Å². The lowest BCUT2D eigenvalue weighted by Gasteiger charge is -2.16. The molecule has 0 aliphatic heterocycles. The quantitative estimate of drug-likeness (QED) is 0.715. The lowest BCUT2D eigenvalue weighted by molar-refractivity contribution is -0.124. The van der Waals surface area contributed by atoms with Gasteiger partial charge in [-0.1, -0.05) is 18.2 Å². The van der Waals surface area contributed by atoms with E-state index < -0.39 is 5.97 Å². The van der Waals surface area contributed by atoms with E-state index in [2.05, 4.69) is 21.2 Å². The molecule has 5 nitrogen and oxygen atoms in total. The summed E-state index contributed by atoms with van der Waals surface area (Å²) in [5, 5.41) is 2.83. The van der Waals surface area contributed by atoms with Crippen LogP contribution in [0.2, 0.25) is 0 Å². The van der Waals surface area contributed by atoms with Gasteiger partial charge in [0.25, 0.3) is 5.91 Å². The number of nitrogens with one attached hydrogen (secondary N) is 1. The van der Waals surface area contributed by atoms with Crippen LogP contribution in [-0.2, 0) is 9.53 Å². The molecule has 0 radical (unpaired) electrons. The number of aryl methyl sites for hydroxylation is 2. The molecule has 0 unspecified atom stereocenters. The summed E-state index contributed by atoms with van der Waals surface area (Å²) in [6, 6.07) is 10.8. The SMILES string of the molecule is COc1ccc(Br)c(C(=O)OCC(=O)N[C@@H](C)c2ccc(C)c(C)c2)c1. The molecule has 0 fully saturated rings. The first-order valence-electron chi connectivity index (χ1n) is 8.19. The minimum Gasteiger partial charge on any atom is -0.497 e. The summed E-state index contributed by atoms with van der Waals surface area (Å²) in [6.07, 6.45) is 0. The summed E-state index contributed by atoms with van der Waals surface area (Å²) >= 11 is 3.29. The van der Waals surface area contributed by atoms with Crippen molar-refractivity contribution in [3.8, 4) is 5.75 Å². The maximum absolute atomic E-state index is 12.2. The van der Waals surface area contributed by atoms with E-state index in [0.717, 1.165) is 11.1 Å². The highest BCUT2D eigenvalue weighted by Gasteiger charge is 2.16. The van der Waals surface area contributed by atoms with Gasteiger partial charge in [-0.05, 0) is 71.6 Å². The standard InChI is InChI=1S/C20H22BrNO4/c1-12-5-6-15(9-13(12)2)14(3)22-19(23)11-26-20(24)17-10-16(25-4)7-8-18(17)21/h5-10,14H,11H2,1-4H3,(H,22,23)/t14-/m0/s1. The number of methoxy groups -OCH3 is 1. The van der Waals surface area contributed by atoms with E-state index >= 15 is 0 Å². The van der Waals surface area contributed by atoms with Crippen LogP contribution in [0.5, 0.6) is 5.75 Å². The van der Waals surface area contributed by atoms with Gasteiger partial charge in [0, 0.05) is 4.47 Å². The first-order chi connectivity index (χ1) is 12.3. The Balaban J connectivity index is 1.93. The summed E-state index contributed by atoms with van der Waals surface area (Å²) < 4.78 is 10.8. The van der Waals surface area contributed by atoms with E-state index in [1.165, 1.54) is 12.7 Å². The average Bonchev–Trinajstić information content (AvgIpc) is 2.62. The van der Waals surface area contributed by atoms with E-state index in [0.29, 0.717) is 15.8 Å². The van der Waals surface area contributed by atoms with Crippen LogP contribution in [0, 0.1) is 13.8 Å². The first-order valence-corrected chi connectivity index (χ1v) is 8.98. The molecule has 6 heteroatoms. The van der Waals surface area contributed by atoms with Crippen LogP contribution in [0.1, 0.15) is 40.0 Å². The van der Waals surface area contributed by atoms with E-state index in [4.69, 9.17) is 9.47 Å². The molecule has 1 amide bonds. The normalized spacial score (nSPS) is 11.6. The highest BCUT2D eigenvalue weighted by atomic mass is 79.9. The van der Waals surface area contributed by atoms with Crippen molar-refractivity contribution < 1.29 is 19.1 Å². The van der Waals surface area contributed by atoms with Gasteiger partial charge < -0.3 is 14.8 Å². The van der Waals surface area contributed by atoms with Crippen LogP contribution >= 0.6 is 15.9 Å². The second-order valence-electron chi connectivity index (χ2n) is 6.05. The predicted molar refractivity (Wildman–Crippen MR) is 103 cm³/mol. The Morgan fingerprint density at radius 2 is 1.85 bits per heavy atom. The number of amides is 1. The fourth-order valence-corrected chi connectivity index (χ4v) is 2.81. The molecule has 0 heterocycles. The fraction of sp³-hybridized carbons (Fsp3) is 0.300. The fourth-order valence-electron chi connectivity index (χ4n) is 2.40. The van der Waals surface area contributed by atoms with Crippen LogP contribution in [0.15, 0.2) is 40.9 Å². The number of halogens is 1. The molecular weight excluding hydrogens is 398 g/mol. The Morgan fingerprint density at radius 1 is 1.12 bits per heavy atom. The van der Waals surface area contributed by atoms with Crippen molar-refractivity contribution in [2.45, 2.75) is 26.8 Å². The molecule has 0 bridgehead atoms. The Labute approximate surface area is 161 Å². The molecule has 0 aliphatic rings. The number of carbonyl (C=O) groups is 2. The summed E-state index contributed by atoms with van der Waals surface area (Å²) in [5.74, 6) is -0.416. The number of rotatable bonds is 6. The van der Waals surface area contributed by atoms with Crippen LogP contribution in [-0.4, -0.2) is 25.6 Å². The largest absolute Gasteiger partial charge is 0.497 e. The van der Waals surface area contributed by atoms with Crippen LogP contribution in [0.4, 0.5) is 0 Å². The molecule has 2 aromatic carbocycles. The van der Waals surface area contributed by atoms with E-state index in [9.17, 15) is 9.59 Å². The van der Waals surface area contributed by atoms with Crippen LogP contribution < -0.4 is 10.1 Å². The minimum absolute atomic E-state index is 0.177. The predicted octanol–water partition coefficient (Wildman–Crippen LogP) is 4.11. The monoisotopic (exact) mass is 419 g/mol. The summed E-state index contributed by atoms with van der Waals surface area (Å²) in [4.78, 5) is 24.3. The summed E-state index contributed by atoms with van der Waals surface area (Å²) in [5.41, 5.74) is 3.67. The lowest BCUT2D eigenvalue weighted by Crippen LogP contribution is -2.31. The average molecular weight is 420 g/mol. The van der Waals surface area contributed by atoms with Gasteiger partial charge in [-0.25, -0.2) is 4.79 Å². The molecule has 0 saturated heterocycles. The Hall–Kier alpha value is -2.34. The molecule has 1 atom stereocenters. The number of esters is 1. The third kappa shape index (κ3) is 5.08. The van der Waals surface area contributed by atoms with Gasteiger partial charge in [-0.2, -0.15) is 0 Å². The number of carbonyl (C=O) groups excluding carboxylic acids is 2. The molecular formula is C20H22BrNO4. The number of hydrogen-bond donors (Lipinski definition) is 1. The van der Waals surface area contributed by atoms with Crippen LogP contribution in [0.3, 0.4) is 0 Å². The third-order valence-electron chi connectivity index (χ3n) is 4.14. The van der Waals surface area contributed by atoms with E-state index in [-0.39, 0.29) is 18.6 Å². The molecule has 0 aromatic heterocycles. The molecule has 2 rings (SSSR count). The van der Waals surface area contributed by atoms with Crippen molar-refractivity contribution in [2.75, 3.05) is 13.7 Å². The van der Waals surface area contributed by atoms with Crippen LogP contribution in [0.25, 0.3) is 0 Å². The molecule has 1 N–H and O–H groups in total. The van der Waals surface area contributed by atoms with Gasteiger partial charge in [-0.3, -0.25) is 4.79 Å². The van der Waals surface area contributed by atoms with E-state index in [1.54, 1.807) is 18.2 Å². The Kier molecular flexibility index (Phi) is 6.80. The lowest BCUT2D eigenvalue weighted by atomic mass is 10.0.